The van der Waals surface area contributed by atoms with Crippen molar-refractivity contribution in [3.05, 3.63) is 82.4 Å². The Kier molecular flexibility index (Phi) is 8.55. The third-order valence-electron chi connectivity index (χ3n) is 4.61. The van der Waals surface area contributed by atoms with E-state index < -0.39 is 5.91 Å². The van der Waals surface area contributed by atoms with Crippen LogP contribution in [-0.4, -0.2) is 32.9 Å². The zero-order chi connectivity index (χ0) is 23.6. The molecule has 0 fully saturated rings. The van der Waals surface area contributed by atoms with Crippen LogP contribution in [0.25, 0.3) is 0 Å². The van der Waals surface area contributed by atoms with E-state index in [0.29, 0.717) is 46.8 Å². The van der Waals surface area contributed by atoms with Crippen molar-refractivity contribution in [2.24, 2.45) is 5.10 Å². The third kappa shape index (κ3) is 6.63. The Labute approximate surface area is 197 Å². The molecule has 0 bridgehead atoms. The van der Waals surface area contributed by atoms with Crippen molar-refractivity contribution in [2.75, 3.05) is 20.8 Å². The molecular weight excluding hydrogens is 444 g/mol. The van der Waals surface area contributed by atoms with E-state index in [2.05, 4.69) is 10.5 Å². The normalized spacial score (nSPS) is 10.7. The second kappa shape index (κ2) is 11.8. The summed E-state index contributed by atoms with van der Waals surface area (Å²) in [6, 6.07) is 17.8. The molecule has 1 amide bonds. The number of rotatable bonds is 10. The van der Waals surface area contributed by atoms with E-state index in [4.69, 9.17) is 30.5 Å². The molecule has 0 heterocycles. The number of methoxy groups -OCH3 is 2. The highest BCUT2D eigenvalue weighted by Gasteiger charge is 2.13. The van der Waals surface area contributed by atoms with Crippen LogP contribution in [0.2, 0.25) is 5.02 Å². The predicted octanol–water partition coefficient (Wildman–Crippen LogP) is 5.10. The number of amides is 1. The van der Waals surface area contributed by atoms with Gasteiger partial charge < -0.3 is 18.9 Å². The maximum absolute atomic E-state index is 12.5. The molecule has 0 atom stereocenters. The Morgan fingerprint density at radius 3 is 2.42 bits per heavy atom. The molecule has 0 aliphatic rings. The van der Waals surface area contributed by atoms with E-state index in [0.717, 1.165) is 11.1 Å². The summed E-state index contributed by atoms with van der Waals surface area (Å²) in [5.41, 5.74) is 4.57. The first-order valence-electron chi connectivity index (χ1n) is 10.2. The van der Waals surface area contributed by atoms with E-state index >= 15 is 0 Å². The maximum Gasteiger partial charge on any atom is 0.275 e. The summed E-state index contributed by atoms with van der Waals surface area (Å²) in [6.45, 7) is 2.75. The minimum Gasteiger partial charge on any atom is -0.497 e. The van der Waals surface area contributed by atoms with Gasteiger partial charge in [0, 0.05) is 11.1 Å². The molecule has 3 aromatic rings. The lowest BCUT2D eigenvalue weighted by Gasteiger charge is -2.13. The van der Waals surface area contributed by atoms with Gasteiger partial charge in [-0.15, -0.1) is 0 Å². The highest BCUT2D eigenvalue weighted by atomic mass is 35.5. The Balaban J connectivity index is 1.67. The van der Waals surface area contributed by atoms with Gasteiger partial charge in [0.05, 0.1) is 32.6 Å². The van der Waals surface area contributed by atoms with E-state index in [1.54, 1.807) is 37.4 Å². The molecule has 1 N–H and O–H groups in total. The summed E-state index contributed by atoms with van der Waals surface area (Å²) in [4.78, 5) is 12.5. The molecule has 172 valence electrons. The van der Waals surface area contributed by atoms with Gasteiger partial charge in [-0.3, -0.25) is 4.79 Å². The lowest BCUT2D eigenvalue weighted by Crippen LogP contribution is -2.18. The largest absolute Gasteiger partial charge is 0.497 e. The van der Waals surface area contributed by atoms with E-state index in [-0.39, 0.29) is 0 Å². The van der Waals surface area contributed by atoms with Crippen LogP contribution in [0.3, 0.4) is 0 Å². The van der Waals surface area contributed by atoms with Crippen LogP contribution in [0.4, 0.5) is 0 Å². The summed E-state index contributed by atoms with van der Waals surface area (Å²) in [6.07, 6.45) is 1.53. The second-order valence-corrected chi connectivity index (χ2v) is 7.26. The molecule has 0 spiro atoms. The number of carbonyl (C=O) groups is 1. The SMILES string of the molecule is CCOc1cc(/C=N\NC(=O)c2ccc(OC)cc2OC)ccc1OCc1ccc(Cl)cc1. The first kappa shape index (κ1) is 23.9. The first-order chi connectivity index (χ1) is 16.0. The maximum atomic E-state index is 12.5. The Morgan fingerprint density at radius 1 is 0.939 bits per heavy atom. The molecule has 7 nitrogen and oxygen atoms in total. The molecule has 0 aliphatic carbocycles. The standard InChI is InChI=1S/C25H25ClN2O5/c1-4-32-24-13-18(7-12-22(24)33-16-17-5-8-19(26)9-6-17)15-27-28-25(29)21-11-10-20(30-2)14-23(21)31-3/h5-15H,4,16H2,1-3H3,(H,28,29)/b27-15-. The number of nitrogens with one attached hydrogen (secondary N) is 1. The van der Waals surface area contributed by atoms with Gasteiger partial charge in [0.15, 0.2) is 11.5 Å². The van der Waals surface area contributed by atoms with Crippen LogP contribution in [0.1, 0.15) is 28.4 Å². The van der Waals surface area contributed by atoms with Crippen molar-refractivity contribution in [1.82, 2.24) is 5.43 Å². The molecule has 33 heavy (non-hydrogen) atoms. The molecule has 0 aromatic heterocycles. The fraction of sp³-hybridized carbons (Fsp3) is 0.200. The van der Waals surface area contributed by atoms with Gasteiger partial charge >= 0.3 is 0 Å². The molecule has 3 aromatic carbocycles. The zero-order valence-corrected chi connectivity index (χ0v) is 19.4. The number of carbonyl (C=O) groups excluding carboxylic acids is 1. The Morgan fingerprint density at radius 2 is 1.73 bits per heavy atom. The number of ether oxygens (including phenoxy) is 4. The summed E-state index contributed by atoms with van der Waals surface area (Å²) in [7, 11) is 3.03. The molecule has 3 rings (SSSR count). The average Bonchev–Trinajstić information content (AvgIpc) is 2.84. The highest BCUT2D eigenvalue weighted by molar-refractivity contribution is 6.30. The summed E-state index contributed by atoms with van der Waals surface area (Å²) in [5, 5.41) is 4.72. The van der Waals surface area contributed by atoms with Gasteiger partial charge in [-0.1, -0.05) is 23.7 Å². The molecule has 0 aliphatic heterocycles. The van der Waals surface area contributed by atoms with Crippen LogP contribution < -0.4 is 24.4 Å². The van der Waals surface area contributed by atoms with Crippen LogP contribution in [0, 0.1) is 0 Å². The minimum absolute atomic E-state index is 0.344. The van der Waals surface area contributed by atoms with Gasteiger partial charge in [-0.25, -0.2) is 5.43 Å². The minimum atomic E-state index is -0.404. The molecule has 0 radical (unpaired) electrons. The lowest BCUT2D eigenvalue weighted by atomic mass is 10.2. The zero-order valence-electron chi connectivity index (χ0n) is 18.6. The smallest absolute Gasteiger partial charge is 0.275 e. The van der Waals surface area contributed by atoms with Gasteiger partial charge in [0.1, 0.15) is 18.1 Å². The van der Waals surface area contributed by atoms with Gasteiger partial charge in [-0.2, -0.15) is 5.10 Å². The third-order valence-corrected chi connectivity index (χ3v) is 4.86. The number of nitrogens with zero attached hydrogens (tertiary/aromatic N) is 1. The van der Waals surface area contributed by atoms with E-state index in [9.17, 15) is 4.79 Å². The second-order valence-electron chi connectivity index (χ2n) is 6.82. The van der Waals surface area contributed by atoms with Crippen LogP contribution in [-0.2, 0) is 6.61 Å². The van der Waals surface area contributed by atoms with Crippen LogP contribution in [0.15, 0.2) is 65.8 Å². The van der Waals surface area contributed by atoms with Crippen molar-refractivity contribution in [3.8, 4) is 23.0 Å². The Hall–Kier alpha value is -3.71. The van der Waals surface area contributed by atoms with E-state index in [1.165, 1.54) is 13.3 Å². The molecule has 0 unspecified atom stereocenters. The number of halogens is 1. The summed E-state index contributed by atoms with van der Waals surface area (Å²) < 4.78 is 22.0. The number of hydrazone groups is 1. The van der Waals surface area contributed by atoms with E-state index in [1.807, 2.05) is 37.3 Å². The monoisotopic (exact) mass is 468 g/mol. The average molecular weight is 469 g/mol. The van der Waals surface area contributed by atoms with Crippen molar-refractivity contribution in [2.45, 2.75) is 13.5 Å². The fourth-order valence-electron chi connectivity index (χ4n) is 2.95. The number of benzene rings is 3. The van der Waals surface area contributed by atoms with Crippen LogP contribution >= 0.6 is 11.6 Å². The highest BCUT2D eigenvalue weighted by Crippen LogP contribution is 2.29. The molecular formula is C25H25ClN2O5. The fourth-order valence-corrected chi connectivity index (χ4v) is 3.07. The van der Waals surface area contributed by atoms with Gasteiger partial charge in [0.25, 0.3) is 5.91 Å². The van der Waals surface area contributed by atoms with Gasteiger partial charge in [0.2, 0.25) is 0 Å². The van der Waals surface area contributed by atoms with Crippen LogP contribution in [0.5, 0.6) is 23.0 Å². The quantitative estimate of drug-likeness (QED) is 0.331. The lowest BCUT2D eigenvalue weighted by molar-refractivity contribution is 0.0952. The van der Waals surface area contributed by atoms with Crippen molar-refractivity contribution < 1.29 is 23.7 Å². The van der Waals surface area contributed by atoms with Crippen molar-refractivity contribution >= 4 is 23.7 Å². The van der Waals surface area contributed by atoms with Gasteiger partial charge in [-0.05, 0) is 60.5 Å². The molecule has 0 saturated carbocycles. The Bertz CT molecular complexity index is 1120. The first-order valence-corrected chi connectivity index (χ1v) is 10.6. The van der Waals surface area contributed by atoms with Crippen molar-refractivity contribution in [3.63, 3.8) is 0 Å². The topological polar surface area (TPSA) is 78.4 Å². The van der Waals surface area contributed by atoms with Crippen molar-refractivity contribution in [1.29, 1.82) is 0 Å². The summed E-state index contributed by atoms with van der Waals surface area (Å²) in [5.74, 6) is 1.77. The molecule has 0 saturated heterocycles. The predicted molar refractivity (Wildman–Crippen MR) is 128 cm³/mol. The number of hydrogen-bond acceptors (Lipinski definition) is 6. The summed E-state index contributed by atoms with van der Waals surface area (Å²) >= 11 is 5.93. The number of hydrogen-bond donors (Lipinski definition) is 1. The molecule has 8 heteroatoms.